The predicted octanol–water partition coefficient (Wildman–Crippen LogP) is 16.5. The average molecular weight is 1340 g/mol. The van der Waals surface area contributed by atoms with E-state index < -0.39 is 67.5 Å². The van der Waals surface area contributed by atoms with Gasteiger partial charge in [0.05, 0.1) is 54.4 Å². The molecule has 5 aliphatic rings. The number of ketones is 1. The van der Waals surface area contributed by atoms with Gasteiger partial charge in [-0.15, -0.1) is 0 Å². The number of hydrogen-bond donors (Lipinski definition) is 0. The van der Waals surface area contributed by atoms with Crippen LogP contribution in [0.5, 0.6) is 0 Å². The van der Waals surface area contributed by atoms with Crippen molar-refractivity contribution in [3.05, 3.63) is 60.2 Å². The molecule has 16 heteroatoms. The van der Waals surface area contributed by atoms with Crippen LogP contribution in [0.25, 0.3) is 0 Å². The van der Waals surface area contributed by atoms with Crippen molar-refractivity contribution in [2.24, 2.45) is 23.7 Å². The number of allylic oxidation sites excluding steroid dienone is 1. The zero-order valence-electron chi connectivity index (χ0n) is 55.8. The van der Waals surface area contributed by atoms with Gasteiger partial charge in [0.1, 0.15) is 48.2 Å². The maximum Gasteiger partial charge on any atom is 0.338 e. The van der Waals surface area contributed by atoms with E-state index in [0.717, 1.165) is 49.2 Å². The fraction of sp³-hybridized carbons (Fsp3) is 0.809. The molecule has 18 atom stereocenters. The van der Waals surface area contributed by atoms with E-state index in [0.29, 0.717) is 55.9 Å². The number of fused-ring (bicyclic) bond motifs is 2. The van der Waals surface area contributed by atoms with Gasteiger partial charge in [-0.2, -0.15) is 0 Å². The van der Waals surface area contributed by atoms with E-state index in [1.165, 1.54) is 5.57 Å². The molecule has 6 rings (SSSR count). The summed E-state index contributed by atoms with van der Waals surface area (Å²) in [6, 6.07) is 9.23. The third kappa shape index (κ3) is 18.0. The Kier molecular flexibility index (Phi) is 24.9. The minimum atomic E-state index is -2.63. The van der Waals surface area contributed by atoms with Gasteiger partial charge in [-0.3, -0.25) is 4.79 Å². The van der Waals surface area contributed by atoms with Crippen LogP contribution in [0.2, 0.25) is 54.4 Å². The van der Waals surface area contributed by atoms with Crippen LogP contribution in [0, 0.1) is 23.7 Å². The highest BCUT2D eigenvalue weighted by Gasteiger charge is 2.59. The molecule has 0 aromatic heterocycles. The first-order chi connectivity index (χ1) is 38.9. The Morgan fingerprint density at radius 2 is 1.39 bits per heavy atom. The highest BCUT2D eigenvalue weighted by Crippen LogP contribution is 2.49. The smallest absolute Gasteiger partial charge is 0.338 e. The summed E-state index contributed by atoms with van der Waals surface area (Å²) in [6.45, 7) is 49.3. The highest BCUT2D eigenvalue weighted by atomic mass is 127. The van der Waals surface area contributed by atoms with Crippen LogP contribution in [0.15, 0.2) is 54.6 Å². The van der Waals surface area contributed by atoms with Gasteiger partial charge in [0.2, 0.25) is 0 Å². The first-order valence-corrected chi connectivity index (χ1v) is 42.6. The van der Waals surface area contributed by atoms with Crippen molar-refractivity contribution >= 4 is 65.6 Å². The summed E-state index contributed by atoms with van der Waals surface area (Å²) in [6.07, 6.45) is 9.62. The van der Waals surface area contributed by atoms with Crippen LogP contribution in [0.1, 0.15) is 191 Å². The number of halogens is 1. The third-order valence-electron chi connectivity index (χ3n) is 21.4. The van der Waals surface area contributed by atoms with Gasteiger partial charge in [-0.25, -0.2) is 4.79 Å². The Balaban J connectivity index is 1.37. The number of ether oxygens (including phenoxy) is 6. The van der Waals surface area contributed by atoms with Gasteiger partial charge in [0, 0.05) is 30.1 Å². The molecule has 5 saturated heterocycles. The van der Waals surface area contributed by atoms with Crippen LogP contribution >= 0.6 is 22.6 Å². The normalized spacial score (nSPS) is 32.3. The molecular weight excluding hydrogens is 1220 g/mol. The number of carbonyl (C=O) groups excluding carboxylic acids is 3. The molecule has 0 spiro atoms. The lowest BCUT2D eigenvalue weighted by Gasteiger charge is -2.56. The van der Waals surface area contributed by atoms with Gasteiger partial charge >= 0.3 is 5.97 Å². The molecule has 0 radical (unpaired) electrons. The standard InChI is InChI=1S/C68H115IO12Si3/c1-22-45(4)38-58-47(6)54(55(76-58)36-37-70)41-49(71)40-51-31-33-56-60(74-51)62(80-83(18,19)66(10,11)12)63(81-84(20,21)67(13,14)15)61(77-56)57(79-82(16,17)65(7,8)9)34-30-50(75-64(72)48-26-24-23-25-27-48)28-29-53-42-68(43-69)59(73-53)35-32-52(78-68)39-46(5)44(2)3/h23-27,30,34,37,45-47,50-63H,2,22,28-29,31-33,35-36,38-43H2,1,3-21H3/b34-30+/t45-,46-,47-,50?,51?,52-,53?,54-,55+,56+,57+,58-,59+,60+,61+,62+,63-,68-/m1/s1. The number of hydrogen-bond acceptors (Lipinski definition) is 12. The molecule has 5 aliphatic heterocycles. The largest absolute Gasteiger partial charge is 0.455 e. The summed E-state index contributed by atoms with van der Waals surface area (Å²) in [5, 5.41) is -0.509. The topological polar surface area (TPSA) is 134 Å². The van der Waals surface area contributed by atoms with E-state index in [1.54, 1.807) is 12.1 Å². The fourth-order valence-electron chi connectivity index (χ4n) is 12.3. The molecule has 0 bridgehead atoms. The molecule has 478 valence electrons. The van der Waals surface area contributed by atoms with Gasteiger partial charge in [0.25, 0.3) is 0 Å². The molecular formula is C68H115IO12Si3. The number of Topliss-reactive ketones (excluding diaryl/α,β-unsaturated/α-hetero) is 1. The van der Waals surface area contributed by atoms with Crippen molar-refractivity contribution < 1.29 is 56.1 Å². The molecule has 0 amide bonds. The lowest BCUT2D eigenvalue weighted by molar-refractivity contribution is -0.266. The lowest BCUT2D eigenvalue weighted by Crippen LogP contribution is -2.69. The van der Waals surface area contributed by atoms with E-state index >= 15 is 0 Å². The number of alkyl halides is 1. The minimum absolute atomic E-state index is 0.00953. The summed E-state index contributed by atoms with van der Waals surface area (Å²) in [4.78, 5) is 40.6. The molecule has 0 saturated carbocycles. The first kappa shape index (κ1) is 71.6. The van der Waals surface area contributed by atoms with Gasteiger partial charge < -0.3 is 46.5 Å². The van der Waals surface area contributed by atoms with Gasteiger partial charge in [-0.05, 0) is 155 Å². The number of benzene rings is 1. The minimum Gasteiger partial charge on any atom is -0.455 e. The molecule has 12 nitrogen and oxygen atoms in total. The fourth-order valence-corrected chi connectivity index (χ4v) is 17.2. The van der Waals surface area contributed by atoms with Crippen molar-refractivity contribution in [3.63, 3.8) is 0 Å². The molecule has 5 heterocycles. The van der Waals surface area contributed by atoms with Crippen molar-refractivity contribution in [2.75, 3.05) is 4.43 Å². The number of carbonyl (C=O) groups is 3. The zero-order valence-corrected chi connectivity index (χ0v) is 61.0. The molecule has 3 unspecified atom stereocenters. The Labute approximate surface area is 526 Å². The second-order valence-corrected chi connectivity index (χ2v) is 46.1. The first-order valence-electron chi connectivity index (χ1n) is 32.4. The lowest BCUT2D eigenvalue weighted by atomic mass is 9.80. The Hall–Kier alpha value is -1.43. The van der Waals surface area contributed by atoms with Crippen LogP contribution < -0.4 is 0 Å². The van der Waals surface area contributed by atoms with Crippen LogP contribution in [0.3, 0.4) is 0 Å². The zero-order chi connectivity index (χ0) is 62.5. The predicted molar refractivity (Wildman–Crippen MR) is 355 cm³/mol. The van der Waals surface area contributed by atoms with Gasteiger partial charge in [0.15, 0.2) is 25.0 Å². The number of rotatable bonds is 27. The average Bonchev–Trinajstić information content (AvgIpc) is 2.54. The monoisotopic (exact) mass is 1330 g/mol. The number of esters is 1. The second kappa shape index (κ2) is 29.2. The summed E-state index contributed by atoms with van der Waals surface area (Å²) in [7, 11) is -7.81. The van der Waals surface area contributed by atoms with E-state index in [2.05, 4.69) is 171 Å². The van der Waals surface area contributed by atoms with Crippen molar-refractivity contribution in [2.45, 2.75) is 320 Å². The molecule has 1 aromatic carbocycles. The van der Waals surface area contributed by atoms with E-state index in [9.17, 15) is 14.4 Å². The van der Waals surface area contributed by atoms with E-state index in [-0.39, 0.29) is 87.5 Å². The second-order valence-electron chi connectivity index (χ2n) is 31.0. The summed E-state index contributed by atoms with van der Waals surface area (Å²) in [5.41, 5.74) is 1.31. The van der Waals surface area contributed by atoms with Crippen LogP contribution in [0.4, 0.5) is 0 Å². The van der Waals surface area contributed by atoms with Gasteiger partial charge in [-0.1, -0.05) is 155 Å². The Morgan fingerprint density at radius 3 is 1.98 bits per heavy atom. The van der Waals surface area contributed by atoms with E-state index in [1.807, 2.05) is 24.3 Å². The highest BCUT2D eigenvalue weighted by molar-refractivity contribution is 14.1. The maximum absolute atomic E-state index is 14.4. The van der Waals surface area contributed by atoms with Crippen LogP contribution in [-0.4, -0.2) is 132 Å². The van der Waals surface area contributed by atoms with Crippen molar-refractivity contribution in [3.8, 4) is 0 Å². The van der Waals surface area contributed by atoms with E-state index in [4.69, 9.17) is 41.7 Å². The molecule has 1 aromatic rings. The summed E-state index contributed by atoms with van der Waals surface area (Å²) < 4.78 is 66.1. The number of aldehydes is 1. The summed E-state index contributed by atoms with van der Waals surface area (Å²) in [5.74, 6) is 0.745. The Morgan fingerprint density at radius 1 is 0.774 bits per heavy atom. The Bertz CT molecular complexity index is 2340. The quantitative estimate of drug-likeness (QED) is 0.0207. The molecule has 0 aliphatic carbocycles. The van der Waals surface area contributed by atoms with Crippen molar-refractivity contribution in [1.29, 1.82) is 0 Å². The van der Waals surface area contributed by atoms with Crippen molar-refractivity contribution in [1.82, 2.24) is 0 Å². The molecule has 5 fully saturated rings. The summed E-state index contributed by atoms with van der Waals surface area (Å²) >= 11 is 2.49. The van der Waals surface area contributed by atoms with Crippen LogP contribution in [-0.2, 0) is 51.3 Å². The SMILES string of the molecule is C=C(C)[C@H](C)C[C@H]1CC[C@@H]2OC(CCC(/C=C/[C@H](O[Si](C)(C)C(C)(C)C)[C@@H]3O[C@H]4CCC(CC(=O)C[C@@H]5[C@@H](C)[C@@H](C[C@H](C)CC)O[C@H]5CC=O)O[C@@H]4[C@H](O[Si](C)(C)C(C)(C)C)[C@@H]3O[Si](C)(C)C(C)(C)C)OC(=O)c3ccccc3)C[C@]2(CI)O1. The third-order valence-corrected chi connectivity index (χ3v) is 36.1. The molecule has 0 N–H and O–H groups in total. The maximum atomic E-state index is 14.4. The molecule has 84 heavy (non-hydrogen) atoms.